The van der Waals surface area contributed by atoms with E-state index in [1.54, 1.807) is 0 Å². The lowest BCUT2D eigenvalue weighted by molar-refractivity contribution is -0.141. The smallest absolute Gasteiger partial charge is 0.433 e. The lowest BCUT2D eigenvalue weighted by atomic mass is 10.1. The molecule has 1 rings (SSSR count). The number of aromatic nitrogens is 1. The fourth-order valence-electron chi connectivity index (χ4n) is 3.03. The molecule has 0 aliphatic heterocycles. The number of hydrogen-bond donors (Lipinski definition) is 3. The van der Waals surface area contributed by atoms with E-state index in [2.05, 4.69) is 15.6 Å². The van der Waals surface area contributed by atoms with Gasteiger partial charge in [0.15, 0.2) is 0 Å². The van der Waals surface area contributed by atoms with Gasteiger partial charge < -0.3 is 15.7 Å². The van der Waals surface area contributed by atoms with E-state index in [1.807, 2.05) is 0 Å². The number of carboxylic acids is 1. The average molecular weight is 431 g/mol. The fraction of sp³-hybridized carbons (Fsp3) is 0.667. The second-order valence-corrected chi connectivity index (χ2v) is 7.34. The molecule has 3 N–H and O–H groups in total. The molecule has 0 fully saturated rings. The van der Waals surface area contributed by atoms with Crippen molar-refractivity contribution in [3.05, 3.63) is 24.0 Å². The molecule has 0 atom stereocenters. The van der Waals surface area contributed by atoms with Gasteiger partial charge in [0.25, 0.3) is 0 Å². The maximum Gasteiger partial charge on any atom is 0.433 e. The molecule has 0 aromatic carbocycles. The van der Waals surface area contributed by atoms with Crippen LogP contribution < -0.4 is 10.6 Å². The molecule has 9 heteroatoms. The summed E-state index contributed by atoms with van der Waals surface area (Å²) in [4.78, 5) is 25.4. The Hall–Kier alpha value is -2.32. The van der Waals surface area contributed by atoms with Gasteiger partial charge in [-0.3, -0.25) is 9.78 Å². The van der Waals surface area contributed by atoms with Crippen LogP contribution in [0.4, 0.5) is 23.7 Å². The minimum absolute atomic E-state index is 0.0525. The molecule has 0 aliphatic carbocycles. The minimum Gasteiger partial charge on any atom is -0.481 e. The molecule has 1 aromatic rings. The zero-order chi connectivity index (χ0) is 22.2. The molecular formula is C21H32F3N3O3. The average Bonchev–Trinajstić information content (AvgIpc) is 2.67. The normalized spacial score (nSPS) is 11.3. The van der Waals surface area contributed by atoms with Gasteiger partial charge in [-0.15, -0.1) is 0 Å². The Bertz CT molecular complexity index is 639. The van der Waals surface area contributed by atoms with Crippen LogP contribution in [0, 0.1) is 0 Å². The second-order valence-electron chi connectivity index (χ2n) is 7.34. The third-order valence-electron chi connectivity index (χ3n) is 4.66. The maximum atomic E-state index is 12.6. The SMILES string of the molecule is O=C(O)CCCCCCCCCCCCCNC(=O)Nc1ccnc(C(F)(F)F)c1. The number of unbranched alkanes of at least 4 members (excludes halogenated alkanes) is 10. The van der Waals surface area contributed by atoms with Crippen LogP contribution in [0.15, 0.2) is 18.3 Å². The predicted molar refractivity (Wildman–Crippen MR) is 109 cm³/mol. The van der Waals surface area contributed by atoms with Gasteiger partial charge in [0.05, 0.1) is 0 Å². The van der Waals surface area contributed by atoms with Crippen LogP contribution in [0.1, 0.15) is 82.7 Å². The first-order valence-electron chi connectivity index (χ1n) is 10.6. The van der Waals surface area contributed by atoms with Gasteiger partial charge in [-0.1, -0.05) is 57.8 Å². The number of carbonyl (C=O) groups is 2. The number of urea groups is 1. The largest absolute Gasteiger partial charge is 0.481 e. The summed E-state index contributed by atoms with van der Waals surface area (Å²) in [7, 11) is 0. The van der Waals surface area contributed by atoms with Crippen LogP contribution in [-0.2, 0) is 11.0 Å². The number of aliphatic carboxylic acids is 1. The predicted octanol–water partition coefficient (Wildman–Crippen LogP) is 5.99. The number of anilines is 1. The van der Waals surface area contributed by atoms with Crippen LogP contribution in [0.3, 0.4) is 0 Å². The van der Waals surface area contributed by atoms with Crippen molar-refractivity contribution in [2.24, 2.45) is 0 Å². The van der Waals surface area contributed by atoms with Crippen LogP contribution in [0.5, 0.6) is 0 Å². The Kier molecular flexibility index (Phi) is 12.5. The highest BCUT2D eigenvalue weighted by atomic mass is 19.4. The highest BCUT2D eigenvalue weighted by molar-refractivity contribution is 5.89. The number of nitrogens with zero attached hydrogens (tertiary/aromatic N) is 1. The van der Waals surface area contributed by atoms with E-state index in [0.29, 0.717) is 6.54 Å². The lowest BCUT2D eigenvalue weighted by Gasteiger charge is -2.10. The quantitative estimate of drug-likeness (QED) is 0.298. The van der Waals surface area contributed by atoms with Crippen molar-refractivity contribution in [1.82, 2.24) is 10.3 Å². The Morgan fingerprint density at radius 3 is 1.97 bits per heavy atom. The standard InChI is InChI=1S/C21H32F3N3O3/c22-21(23,24)18-16-17(13-15-25-18)27-20(30)26-14-11-9-7-5-3-1-2-4-6-8-10-12-19(28)29/h13,15-16H,1-12,14H2,(H,28,29)(H2,25,26,27,30). The zero-order valence-electron chi connectivity index (χ0n) is 17.3. The van der Waals surface area contributed by atoms with Crippen LogP contribution in [-0.4, -0.2) is 28.6 Å². The molecule has 30 heavy (non-hydrogen) atoms. The summed E-state index contributed by atoms with van der Waals surface area (Å²) in [5.74, 6) is -0.723. The molecule has 0 unspecified atom stereocenters. The van der Waals surface area contributed by atoms with E-state index < -0.39 is 23.9 Å². The van der Waals surface area contributed by atoms with Gasteiger partial charge in [0.2, 0.25) is 0 Å². The highest BCUT2D eigenvalue weighted by Gasteiger charge is 2.32. The van der Waals surface area contributed by atoms with Gasteiger partial charge in [-0.05, 0) is 25.0 Å². The molecule has 0 saturated carbocycles. The molecule has 1 heterocycles. The van der Waals surface area contributed by atoms with Crippen LogP contribution >= 0.6 is 0 Å². The molecule has 0 saturated heterocycles. The Morgan fingerprint density at radius 2 is 1.43 bits per heavy atom. The molecule has 170 valence electrons. The van der Waals surface area contributed by atoms with E-state index in [-0.39, 0.29) is 12.1 Å². The first-order valence-corrected chi connectivity index (χ1v) is 10.6. The molecule has 2 amide bonds. The number of pyridine rings is 1. The zero-order valence-corrected chi connectivity index (χ0v) is 17.3. The number of halogens is 3. The van der Waals surface area contributed by atoms with Crippen molar-refractivity contribution in [2.45, 2.75) is 83.2 Å². The van der Waals surface area contributed by atoms with Crippen molar-refractivity contribution in [1.29, 1.82) is 0 Å². The van der Waals surface area contributed by atoms with Gasteiger partial charge in [-0.2, -0.15) is 13.2 Å². The summed E-state index contributed by atoms with van der Waals surface area (Å²) in [6.45, 7) is 0.472. The van der Waals surface area contributed by atoms with Crippen LogP contribution in [0.2, 0.25) is 0 Å². The molecule has 1 aromatic heterocycles. The van der Waals surface area contributed by atoms with Gasteiger partial charge in [-0.25, -0.2) is 4.79 Å². The number of carbonyl (C=O) groups excluding carboxylic acids is 1. The first kappa shape index (κ1) is 25.7. The summed E-state index contributed by atoms with van der Waals surface area (Å²) in [6, 6.07) is 1.58. The van der Waals surface area contributed by atoms with E-state index in [0.717, 1.165) is 63.6 Å². The summed E-state index contributed by atoms with van der Waals surface area (Å²) in [6.07, 6.45) is 8.30. The molecule has 0 aliphatic rings. The summed E-state index contributed by atoms with van der Waals surface area (Å²) >= 11 is 0. The molecule has 0 spiro atoms. The molecular weight excluding hydrogens is 399 g/mol. The number of carboxylic acid groups (broad SMARTS) is 1. The molecule has 0 radical (unpaired) electrons. The van der Waals surface area contributed by atoms with E-state index in [4.69, 9.17) is 5.11 Å². The van der Waals surface area contributed by atoms with Crippen molar-refractivity contribution in [3.8, 4) is 0 Å². The first-order chi connectivity index (χ1) is 14.3. The summed E-state index contributed by atoms with van der Waals surface area (Å²) < 4.78 is 37.8. The third kappa shape index (κ3) is 13.0. The summed E-state index contributed by atoms with van der Waals surface area (Å²) in [5.41, 5.74) is -0.991. The van der Waals surface area contributed by atoms with E-state index >= 15 is 0 Å². The molecule has 6 nitrogen and oxygen atoms in total. The van der Waals surface area contributed by atoms with E-state index in [1.165, 1.54) is 25.3 Å². The van der Waals surface area contributed by atoms with Gasteiger partial charge in [0.1, 0.15) is 5.69 Å². The van der Waals surface area contributed by atoms with Crippen molar-refractivity contribution < 1.29 is 27.9 Å². The van der Waals surface area contributed by atoms with Gasteiger partial charge in [0, 0.05) is 24.8 Å². The van der Waals surface area contributed by atoms with Crippen molar-refractivity contribution in [3.63, 3.8) is 0 Å². The highest BCUT2D eigenvalue weighted by Crippen LogP contribution is 2.28. The van der Waals surface area contributed by atoms with Crippen molar-refractivity contribution in [2.75, 3.05) is 11.9 Å². The monoisotopic (exact) mass is 431 g/mol. The summed E-state index contributed by atoms with van der Waals surface area (Å²) in [5, 5.41) is 13.6. The second kappa shape index (κ2) is 14.6. The Balaban J connectivity index is 1.96. The number of hydrogen-bond acceptors (Lipinski definition) is 3. The van der Waals surface area contributed by atoms with Crippen LogP contribution in [0.25, 0.3) is 0 Å². The number of alkyl halides is 3. The van der Waals surface area contributed by atoms with E-state index in [9.17, 15) is 22.8 Å². The third-order valence-corrected chi connectivity index (χ3v) is 4.66. The molecule has 0 bridgehead atoms. The Labute approximate surface area is 175 Å². The van der Waals surface area contributed by atoms with Gasteiger partial charge >= 0.3 is 18.2 Å². The number of amides is 2. The number of nitrogens with one attached hydrogen (secondary N) is 2. The minimum atomic E-state index is -4.55. The number of rotatable bonds is 15. The lowest BCUT2D eigenvalue weighted by Crippen LogP contribution is -2.29. The topological polar surface area (TPSA) is 91.3 Å². The maximum absolute atomic E-state index is 12.6. The van der Waals surface area contributed by atoms with Crippen molar-refractivity contribution >= 4 is 17.7 Å². The fourth-order valence-corrected chi connectivity index (χ4v) is 3.03. The Morgan fingerprint density at radius 1 is 0.900 bits per heavy atom.